The fourth-order valence-corrected chi connectivity index (χ4v) is 8.71. The largest absolute Gasteiger partial charge is 0.460 e. The summed E-state index contributed by atoms with van der Waals surface area (Å²) in [7, 11) is 0. The molecule has 8 rings (SSSR count). The highest BCUT2D eigenvalue weighted by molar-refractivity contribution is 5.38. The molecule has 1 aromatic rings. The van der Waals surface area contributed by atoms with Gasteiger partial charge in [-0.2, -0.15) is 15.0 Å². The molecule has 6 unspecified atom stereocenters. The SMILES string of the molecule is CC1(C)O[C@H]2[C@@H](O1)[C@@H](COc1nc(NC3CC4CCC3C4)nc(NC3CC4CCC3C4)n1)O[C@@H]1OC(C)(C)O[C@@H]12. The smallest absolute Gasteiger partial charge is 0.323 e. The molecule has 4 saturated carbocycles. The predicted molar refractivity (Wildman–Crippen MR) is 144 cm³/mol. The minimum atomic E-state index is -0.763. The van der Waals surface area contributed by atoms with Crippen molar-refractivity contribution in [3.63, 3.8) is 0 Å². The van der Waals surface area contributed by atoms with Crippen LogP contribution >= 0.6 is 0 Å². The van der Waals surface area contributed by atoms with Gasteiger partial charge in [-0.05, 0) is 89.9 Å². The summed E-state index contributed by atoms with van der Waals surface area (Å²) in [6.45, 7) is 7.78. The molecule has 11 atom stereocenters. The minimum Gasteiger partial charge on any atom is -0.460 e. The standard InChI is InChI=1S/C29H43N5O6/c1-28(2)37-21-20(36-24-23(22(21)38-28)39-29(3,4)40-24)13-35-27-33-25(30-18-11-14-5-7-16(18)9-14)32-26(34-27)31-19-12-15-6-8-17(19)10-15/h14-24H,5-13H2,1-4H3,(H2,30,31,32,33,34)/t14?,15?,16?,17?,18?,19?,20-,21+,22+,23-,24-/m1/s1. The summed E-state index contributed by atoms with van der Waals surface area (Å²) in [5, 5.41) is 7.28. The van der Waals surface area contributed by atoms with E-state index in [1.165, 1.54) is 51.4 Å². The van der Waals surface area contributed by atoms with E-state index in [1.807, 2.05) is 27.7 Å². The van der Waals surface area contributed by atoms with Crippen molar-refractivity contribution in [1.29, 1.82) is 0 Å². The van der Waals surface area contributed by atoms with Crippen molar-refractivity contribution in [3.8, 4) is 6.01 Å². The van der Waals surface area contributed by atoms with E-state index in [0.29, 0.717) is 35.8 Å². The molecule has 3 aliphatic heterocycles. The second-order valence-electron chi connectivity index (χ2n) is 14.1. The normalized spacial score (nSPS) is 45.5. The molecule has 0 radical (unpaired) electrons. The highest BCUT2D eigenvalue weighted by atomic mass is 16.9. The van der Waals surface area contributed by atoms with Crippen LogP contribution in [0.25, 0.3) is 0 Å². The molecule has 0 spiro atoms. The molecule has 11 nitrogen and oxygen atoms in total. The molecular weight excluding hydrogens is 514 g/mol. The molecule has 7 aliphatic rings. The summed E-state index contributed by atoms with van der Waals surface area (Å²) in [5.41, 5.74) is 0. The monoisotopic (exact) mass is 557 g/mol. The van der Waals surface area contributed by atoms with E-state index in [9.17, 15) is 0 Å². The van der Waals surface area contributed by atoms with E-state index in [2.05, 4.69) is 10.6 Å². The minimum absolute atomic E-state index is 0.193. The molecule has 0 amide bonds. The van der Waals surface area contributed by atoms with Crippen LogP contribution in [0.3, 0.4) is 0 Å². The van der Waals surface area contributed by atoms with Crippen molar-refractivity contribution in [1.82, 2.24) is 15.0 Å². The predicted octanol–water partition coefficient (Wildman–Crippen LogP) is 3.85. The first kappa shape index (κ1) is 25.9. The summed E-state index contributed by atoms with van der Waals surface area (Å²) < 4.78 is 37.3. The number of hydrogen-bond acceptors (Lipinski definition) is 11. The maximum absolute atomic E-state index is 6.34. The third-order valence-electron chi connectivity index (χ3n) is 10.3. The number of ether oxygens (including phenoxy) is 6. The first-order valence-electron chi connectivity index (χ1n) is 15.4. The third-order valence-corrected chi connectivity index (χ3v) is 10.3. The van der Waals surface area contributed by atoms with Gasteiger partial charge in [-0.1, -0.05) is 12.8 Å². The average Bonchev–Trinajstić information content (AvgIpc) is 3.72. The molecule has 4 heterocycles. The fourth-order valence-electron chi connectivity index (χ4n) is 8.71. The van der Waals surface area contributed by atoms with Crippen LogP contribution in [0, 0.1) is 23.7 Å². The Balaban J connectivity index is 1.01. The number of nitrogens with one attached hydrogen (secondary N) is 2. The van der Waals surface area contributed by atoms with Gasteiger partial charge in [0.1, 0.15) is 31.0 Å². The van der Waals surface area contributed by atoms with Gasteiger partial charge < -0.3 is 39.1 Å². The molecule has 7 fully saturated rings. The quantitative estimate of drug-likeness (QED) is 0.509. The second-order valence-corrected chi connectivity index (χ2v) is 14.1. The van der Waals surface area contributed by atoms with Gasteiger partial charge in [0.2, 0.25) is 11.9 Å². The van der Waals surface area contributed by atoms with E-state index in [0.717, 1.165) is 11.8 Å². The van der Waals surface area contributed by atoms with Gasteiger partial charge in [-0.3, -0.25) is 0 Å². The Hall–Kier alpha value is -1.79. The highest BCUT2D eigenvalue weighted by Crippen LogP contribution is 2.47. The van der Waals surface area contributed by atoms with E-state index in [1.54, 1.807) is 0 Å². The van der Waals surface area contributed by atoms with Crippen LogP contribution in [-0.2, 0) is 23.7 Å². The maximum atomic E-state index is 6.34. The zero-order valence-corrected chi connectivity index (χ0v) is 24.0. The van der Waals surface area contributed by atoms with Crippen LogP contribution in [0.4, 0.5) is 11.9 Å². The number of fused-ring (bicyclic) bond motifs is 7. The number of anilines is 2. The second kappa shape index (κ2) is 9.36. The number of nitrogens with zero attached hydrogens (tertiary/aromatic N) is 3. The molecule has 1 aromatic heterocycles. The zero-order chi connectivity index (χ0) is 27.2. The van der Waals surface area contributed by atoms with Gasteiger partial charge in [-0.15, -0.1) is 0 Å². The maximum Gasteiger partial charge on any atom is 0.323 e. The highest BCUT2D eigenvalue weighted by Gasteiger charge is 2.61. The van der Waals surface area contributed by atoms with Gasteiger partial charge >= 0.3 is 6.01 Å². The van der Waals surface area contributed by atoms with Crippen molar-refractivity contribution in [2.75, 3.05) is 17.2 Å². The molecule has 4 aliphatic carbocycles. The number of aromatic nitrogens is 3. The van der Waals surface area contributed by atoms with E-state index < -0.39 is 24.0 Å². The van der Waals surface area contributed by atoms with Gasteiger partial charge in [0, 0.05) is 12.1 Å². The van der Waals surface area contributed by atoms with E-state index in [-0.39, 0.29) is 30.9 Å². The zero-order valence-electron chi connectivity index (χ0n) is 24.0. The first-order valence-corrected chi connectivity index (χ1v) is 15.4. The van der Waals surface area contributed by atoms with Crippen LogP contribution in [-0.4, -0.2) is 75.9 Å². The fraction of sp³-hybridized carbons (Fsp3) is 0.897. The summed E-state index contributed by atoms with van der Waals surface area (Å²) in [6, 6.07) is 1.12. The Labute approximate surface area is 235 Å². The molecule has 2 N–H and O–H groups in total. The van der Waals surface area contributed by atoms with Crippen LogP contribution < -0.4 is 15.4 Å². The lowest BCUT2D eigenvalue weighted by Gasteiger charge is -2.36. The van der Waals surface area contributed by atoms with Crippen molar-refractivity contribution < 1.29 is 28.4 Å². The average molecular weight is 558 g/mol. The van der Waals surface area contributed by atoms with Crippen LogP contribution in [0.2, 0.25) is 0 Å². The Bertz CT molecular complexity index is 1090. The molecule has 0 aromatic carbocycles. The number of hydrogen-bond donors (Lipinski definition) is 2. The Morgan fingerprint density at radius 3 is 1.85 bits per heavy atom. The molecule has 220 valence electrons. The van der Waals surface area contributed by atoms with Gasteiger partial charge in [0.15, 0.2) is 17.9 Å². The molecule has 3 saturated heterocycles. The lowest BCUT2D eigenvalue weighted by Crippen LogP contribution is -2.56. The first-order chi connectivity index (χ1) is 19.2. The molecule has 4 bridgehead atoms. The summed E-state index contributed by atoms with van der Waals surface area (Å²) in [4.78, 5) is 14.2. The van der Waals surface area contributed by atoms with Crippen molar-refractivity contribution in [2.45, 2.75) is 133 Å². The Morgan fingerprint density at radius 2 is 1.27 bits per heavy atom. The van der Waals surface area contributed by atoms with Crippen molar-refractivity contribution in [2.24, 2.45) is 23.7 Å². The van der Waals surface area contributed by atoms with Crippen molar-refractivity contribution in [3.05, 3.63) is 0 Å². The molecule has 40 heavy (non-hydrogen) atoms. The van der Waals surface area contributed by atoms with Gasteiger partial charge in [-0.25, -0.2) is 0 Å². The lowest BCUT2D eigenvalue weighted by molar-refractivity contribution is -0.238. The van der Waals surface area contributed by atoms with Gasteiger partial charge in [0.25, 0.3) is 0 Å². The van der Waals surface area contributed by atoms with Crippen LogP contribution in [0.5, 0.6) is 6.01 Å². The Kier molecular flexibility index (Phi) is 6.05. The number of rotatable bonds is 7. The van der Waals surface area contributed by atoms with E-state index >= 15 is 0 Å². The summed E-state index contributed by atoms with van der Waals surface area (Å²) in [6.07, 6.45) is 8.22. The lowest BCUT2D eigenvalue weighted by atomic mass is 9.95. The van der Waals surface area contributed by atoms with Crippen LogP contribution in [0.15, 0.2) is 0 Å². The summed E-state index contributed by atoms with van der Waals surface area (Å²) in [5.74, 6) is 2.72. The Morgan fingerprint density at radius 1 is 0.700 bits per heavy atom. The molecular formula is C29H43N5O6. The third kappa shape index (κ3) is 4.75. The molecule has 11 heteroatoms. The topological polar surface area (TPSA) is 118 Å². The van der Waals surface area contributed by atoms with Crippen LogP contribution in [0.1, 0.15) is 79.1 Å². The summed E-state index contributed by atoms with van der Waals surface area (Å²) >= 11 is 0. The van der Waals surface area contributed by atoms with Gasteiger partial charge in [0.05, 0.1) is 0 Å². The van der Waals surface area contributed by atoms with Crippen molar-refractivity contribution >= 4 is 11.9 Å². The van der Waals surface area contributed by atoms with E-state index in [4.69, 9.17) is 43.4 Å².